The molecule has 2 aliphatic rings. The van der Waals surface area contributed by atoms with Crippen molar-refractivity contribution in [2.45, 2.75) is 44.2 Å². The van der Waals surface area contributed by atoms with Crippen molar-refractivity contribution in [3.63, 3.8) is 0 Å². The summed E-state index contributed by atoms with van der Waals surface area (Å²) in [4.78, 5) is 27.1. The number of thioether (sulfide) groups is 1. The molecular weight excluding hydrogens is 292 g/mol. The molecule has 0 bridgehead atoms. The lowest BCUT2D eigenvalue weighted by atomic mass is 10.2. The highest BCUT2D eigenvalue weighted by molar-refractivity contribution is 8.00. The molecule has 2 atom stereocenters. The van der Waals surface area contributed by atoms with Crippen LogP contribution in [0.1, 0.15) is 26.7 Å². The van der Waals surface area contributed by atoms with Gasteiger partial charge in [-0.15, -0.1) is 11.8 Å². The summed E-state index contributed by atoms with van der Waals surface area (Å²) in [5, 5.41) is 9.35. The molecule has 1 aliphatic heterocycles. The highest BCUT2D eigenvalue weighted by atomic mass is 32.2. The van der Waals surface area contributed by atoms with Gasteiger partial charge in [0, 0.05) is 19.3 Å². The molecule has 21 heavy (non-hydrogen) atoms. The molecular formula is C14H24N2O4S. The number of rotatable bonds is 6. The summed E-state index contributed by atoms with van der Waals surface area (Å²) in [6, 6.07) is -0.904. The van der Waals surface area contributed by atoms with Gasteiger partial charge in [0.15, 0.2) is 0 Å². The SMILES string of the molecule is CC(C)OCCN(C)C(=O)N1C(C(=O)O)CSC1C1CC1. The minimum Gasteiger partial charge on any atom is -0.480 e. The van der Waals surface area contributed by atoms with Crippen molar-refractivity contribution in [3.05, 3.63) is 0 Å². The summed E-state index contributed by atoms with van der Waals surface area (Å²) in [6.07, 6.45) is 2.31. The molecule has 0 radical (unpaired) electrons. The lowest BCUT2D eigenvalue weighted by Crippen LogP contribution is -2.51. The lowest BCUT2D eigenvalue weighted by Gasteiger charge is -2.31. The third-order valence-electron chi connectivity index (χ3n) is 3.77. The average molecular weight is 316 g/mol. The van der Waals surface area contributed by atoms with Crippen LogP contribution in [0.4, 0.5) is 4.79 Å². The summed E-state index contributed by atoms with van der Waals surface area (Å²) in [5.74, 6) is 0.0351. The number of nitrogens with zero attached hydrogens (tertiary/aromatic N) is 2. The minimum absolute atomic E-state index is 0.0204. The molecule has 1 heterocycles. The van der Waals surface area contributed by atoms with Gasteiger partial charge in [0.1, 0.15) is 6.04 Å². The zero-order valence-electron chi connectivity index (χ0n) is 12.8. The number of carboxylic acid groups (broad SMARTS) is 1. The van der Waals surface area contributed by atoms with E-state index in [0.717, 1.165) is 12.8 Å². The molecule has 120 valence electrons. The molecule has 1 saturated carbocycles. The summed E-state index contributed by atoms with van der Waals surface area (Å²) in [6.45, 7) is 4.83. The Bertz CT molecular complexity index is 400. The summed E-state index contributed by atoms with van der Waals surface area (Å²) < 4.78 is 5.45. The number of hydrogen-bond donors (Lipinski definition) is 1. The zero-order chi connectivity index (χ0) is 15.6. The Labute approximate surface area is 129 Å². The van der Waals surface area contributed by atoms with Gasteiger partial charge in [-0.3, -0.25) is 4.90 Å². The molecule has 7 heteroatoms. The summed E-state index contributed by atoms with van der Waals surface area (Å²) >= 11 is 1.60. The fourth-order valence-corrected chi connectivity index (χ4v) is 4.05. The normalized spacial score (nSPS) is 25.4. The first kappa shape index (κ1) is 16.4. The van der Waals surface area contributed by atoms with E-state index < -0.39 is 12.0 Å². The molecule has 2 unspecified atom stereocenters. The van der Waals surface area contributed by atoms with Crippen LogP contribution in [0.15, 0.2) is 0 Å². The van der Waals surface area contributed by atoms with E-state index in [0.29, 0.717) is 24.8 Å². The van der Waals surface area contributed by atoms with Crippen LogP contribution in [-0.2, 0) is 9.53 Å². The third-order valence-corrected chi connectivity index (χ3v) is 5.23. The number of carboxylic acids is 1. The van der Waals surface area contributed by atoms with E-state index in [1.165, 1.54) is 0 Å². The number of carbonyl (C=O) groups excluding carboxylic acids is 1. The Hall–Kier alpha value is -0.950. The Morgan fingerprint density at radius 1 is 1.43 bits per heavy atom. The van der Waals surface area contributed by atoms with E-state index in [1.807, 2.05) is 13.8 Å². The maximum Gasteiger partial charge on any atom is 0.327 e. The minimum atomic E-state index is -0.911. The molecule has 6 nitrogen and oxygen atoms in total. The molecule has 2 fully saturated rings. The van der Waals surface area contributed by atoms with Crippen molar-refractivity contribution in [3.8, 4) is 0 Å². The monoisotopic (exact) mass is 316 g/mol. The third kappa shape index (κ3) is 4.03. The van der Waals surface area contributed by atoms with Gasteiger partial charge in [-0.1, -0.05) is 0 Å². The lowest BCUT2D eigenvalue weighted by molar-refractivity contribution is -0.141. The smallest absolute Gasteiger partial charge is 0.327 e. The van der Waals surface area contributed by atoms with Crippen molar-refractivity contribution < 1.29 is 19.4 Å². The first-order valence-electron chi connectivity index (χ1n) is 7.41. The van der Waals surface area contributed by atoms with Crippen LogP contribution in [0, 0.1) is 5.92 Å². The predicted octanol–water partition coefficient (Wildman–Crippen LogP) is 1.70. The van der Waals surface area contributed by atoms with Gasteiger partial charge in [-0.25, -0.2) is 9.59 Å². The number of amides is 2. The first-order chi connectivity index (χ1) is 9.91. The van der Waals surface area contributed by atoms with Gasteiger partial charge in [-0.2, -0.15) is 0 Å². The van der Waals surface area contributed by atoms with Crippen molar-refractivity contribution in [1.82, 2.24) is 9.80 Å². The van der Waals surface area contributed by atoms with Gasteiger partial charge in [0.2, 0.25) is 0 Å². The molecule has 0 spiro atoms. The quantitative estimate of drug-likeness (QED) is 0.807. The van der Waals surface area contributed by atoms with Crippen LogP contribution >= 0.6 is 11.8 Å². The van der Waals surface area contributed by atoms with Crippen molar-refractivity contribution >= 4 is 23.8 Å². The van der Waals surface area contributed by atoms with Crippen LogP contribution in [-0.4, -0.2) is 70.4 Å². The number of aliphatic carboxylic acids is 1. The van der Waals surface area contributed by atoms with E-state index >= 15 is 0 Å². The van der Waals surface area contributed by atoms with Gasteiger partial charge >= 0.3 is 12.0 Å². The van der Waals surface area contributed by atoms with E-state index in [4.69, 9.17) is 4.74 Å². The van der Waals surface area contributed by atoms with Gasteiger partial charge in [0.05, 0.1) is 18.1 Å². The number of hydrogen-bond acceptors (Lipinski definition) is 4. The fraction of sp³-hybridized carbons (Fsp3) is 0.857. The number of likely N-dealkylation sites (N-methyl/N-ethyl adjacent to an activating group) is 1. The zero-order valence-corrected chi connectivity index (χ0v) is 13.6. The van der Waals surface area contributed by atoms with E-state index in [2.05, 4.69) is 0 Å². The van der Waals surface area contributed by atoms with Crippen LogP contribution in [0.5, 0.6) is 0 Å². The maximum absolute atomic E-state index is 12.6. The van der Waals surface area contributed by atoms with E-state index in [1.54, 1.807) is 28.6 Å². The standard InChI is InChI=1S/C14H24N2O4S/c1-9(2)20-7-6-15(3)14(19)16-11(13(17)18)8-21-12(16)10-4-5-10/h9-12H,4-8H2,1-3H3,(H,17,18). The van der Waals surface area contributed by atoms with E-state index in [-0.39, 0.29) is 17.5 Å². The molecule has 0 aromatic rings. The molecule has 0 aromatic heterocycles. The molecule has 2 rings (SSSR count). The molecule has 0 aromatic carbocycles. The largest absolute Gasteiger partial charge is 0.480 e. The second-order valence-corrected chi connectivity index (χ2v) is 7.10. The van der Waals surface area contributed by atoms with Gasteiger partial charge < -0.3 is 14.7 Å². The van der Waals surface area contributed by atoms with Crippen LogP contribution < -0.4 is 0 Å². The number of urea groups is 1. The maximum atomic E-state index is 12.6. The molecule has 1 saturated heterocycles. The van der Waals surface area contributed by atoms with Crippen LogP contribution in [0.25, 0.3) is 0 Å². The van der Waals surface area contributed by atoms with E-state index in [9.17, 15) is 14.7 Å². The molecule has 2 amide bonds. The Balaban J connectivity index is 1.97. The highest BCUT2D eigenvalue weighted by Gasteiger charge is 2.48. The molecule has 1 N–H and O–H groups in total. The second-order valence-electron chi connectivity index (χ2n) is 5.95. The topological polar surface area (TPSA) is 70.1 Å². The fourth-order valence-electron chi connectivity index (χ4n) is 2.42. The van der Waals surface area contributed by atoms with Gasteiger partial charge in [-0.05, 0) is 32.6 Å². The molecule has 1 aliphatic carbocycles. The van der Waals surface area contributed by atoms with Crippen molar-refractivity contribution in [2.75, 3.05) is 26.0 Å². The Morgan fingerprint density at radius 3 is 2.62 bits per heavy atom. The van der Waals surface area contributed by atoms with Crippen LogP contribution in [0.3, 0.4) is 0 Å². The average Bonchev–Trinajstić information content (AvgIpc) is 3.15. The van der Waals surface area contributed by atoms with Crippen LogP contribution in [0.2, 0.25) is 0 Å². The van der Waals surface area contributed by atoms with Crippen molar-refractivity contribution in [1.29, 1.82) is 0 Å². The number of ether oxygens (including phenoxy) is 1. The highest BCUT2D eigenvalue weighted by Crippen LogP contribution is 2.45. The van der Waals surface area contributed by atoms with Crippen molar-refractivity contribution in [2.24, 2.45) is 5.92 Å². The summed E-state index contributed by atoms with van der Waals surface area (Å²) in [5.41, 5.74) is 0. The first-order valence-corrected chi connectivity index (χ1v) is 8.46. The summed E-state index contributed by atoms with van der Waals surface area (Å²) in [7, 11) is 1.71. The van der Waals surface area contributed by atoms with Gasteiger partial charge in [0.25, 0.3) is 0 Å². The predicted molar refractivity (Wildman–Crippen MR) is 81.3 cm³/mol. The number of carbonyl (C=O) groups is 2. The Kier molecular flexibility index (Phi) is 5.37. The second kappa shape index (κ2) is 6.87. The Morgan fingerprint density at radius 2 is 2.10 bits per heavy atom.